The van der Waals surface area contributed by atoms with Crippen LogP contribution < -0.4 is 5.32 Å². The van der Waals surface area contributed by atoms with Crippen molar-refractivity contribution >= 4 is 11.8 Å². The lowest BCUT2D eigenvalue weighted by molar-refractivity contribution is 0.0469. The molecule has 2 nitrogen and oxygen atoms in total. The molecule has 0 radical (unpaired) electrons. The predicted molar refractivity (Wildman–Crippen MR) is 84.9 cm³/mol. The van der Waals surface area contributed by atoms with Crippen LogP contribution in [0.3, 0.4) is 0 Å². The minimum Gasteiger partial charge on any atom is -0.308 e. The number of hydrogen-bond acceptors (Lipinski definition) is 3. The number of rotatable bonds is 5. The standard InChI is InChI=1S/C16H30N2S/c1-19-11-5-10-18-13-16(8-3-2-4-9-16)17-12-15(18)14-6-7-14/h14-15,17H,2-13H2,1H3. The zero-order chi connectivity index (χ0) is 13.1. The van der Waals surface area contributed by atoms with Gasteiger partial charge in [-0.2, -0.15) is 11.8 Å². The van der Waals surface area contributed by atoms with E-state index < -0.39 is 0 Å². The fourth-order valence-corrected chi connectivity index (χ4v) is 4.60. The van der Waals surface area contributed by atoms with Crippen LogP contribution in [-0.2, 0) is 0 Å². The van der Waals surface area contributed by atoms with Crippen molar-refractivity contribution in [2.45, 2.75) is 62.9 Å². The highest BCUT2D eigenvalue weighted by atomic mass is 32.2. The minimum absolute atomic E-state index is 0.489. The molecule has 1 unspecified atom stereocenters. The van der Waals surface area contributed by atoms with Gasteiger partial charge in [-0.15, -0.1) is 0 Å². The molecule has 110 valence electrons. The summed E-state index contributed by atoms with van der Waals surface area (Å²) in [6.45, 7) is 3.94. The minimum atomic E-state index is 0.489. The molecule has 1 heterocycles. The lowest BCUT2D eigenvalue weighted by Gasteiger charge is -2.50. The number of nitrogens with one attached hydrogen (secondary N) is 1. The number of thioether (sulfide) groups is 1. The Morgan fingerprint density at radius 2 is 2.00 bits per heavy atom. The predicted octanol–water partition coefficient (Wildman–Crippen LogP) is 3.13. The first-order chi connectivity index (χ1) is 9.33. The first kappa shape index (κ1) is 14.2. The molecule has 0 aromatic carbocycles. The van der Waals surface area contributed by atoms with Gasteiger partial charge in [0.25, 0.3) is 0 Å². The van der Waals surface area contributed by atoms with Crippen LogP contribution in [-0.4, -0.2) is 48.1 Å². The van der Waals surface area contributed by atoms with E-state index in [0.29, 0.717) is 5.54 Å². The Balaban J connectivity index is 1.60. The molecule has 1 aliphatic heterocycles. The van der Waals surface area contributed by atoms with Gasteiger partial charge < -0.3 is 5.32 Å². The number of nitrogens with zero attached hydrogens (tertiary/aromatic N) is 1. The first-order valence-corrected chi connectivity index (χ1v) is 9.70. The van der Waals surface area contributed by atoms with E-state index in [2.05, 4.69) is 16.5 Å². The highest BCUT2D eigenvalue weighted by molar-refractivity contribution is 7.98. The first-order valence-electron chi connectivity index (χ1n) is 8.31. The second-order valence-corrected chi connectivity index (χ2v) is 7.93. The fourth-order valence-electron chi connectivity index (χ4n) is 4.18. The van der Waals surface area contributed by atoms with Crippen molar-refractivity contribution in [2.75, 3.05) is 31.6 Å². The highest BCUT2D eigenvalue weighted by Gasteiger charge is 2.44. The van der Waals surface area contributed by atoms with Crippen LogP contribution in [0.1, 0.15) is 51.4 Å². The summed E-state index contributed by atoms with van der Waals surface area (Å²) < 4.78 is 0. The molecule has 19 heavy (non-hydrogen) atoms. The molecule has 2 saturated carbocycles. The average Bonchev–Trinajstić information content (AvgIpc) is 3.25. The van der Waals surface area contributed by atoms with Crippen LogP contribution in [0.2, 0.25) is 0 Å². The molecule has 0 amide bonds. The topological polar surface area (TPSA) is 15.3 Å². The van der Waals surface area contributed by atoms with Gasteiger partial charge in [0.05, 0.1) is 0 Å². The monoisotopic (exact) mass is 282 g/mol. The van der Waals surface area contributed by atoms with E-state index in [1.807, 2.05) is 11.8 Å². The lowest BCUT2D eigenvalue weighted by atomic mass is 9.79. The Labute approximate surface area is 123 Å². The van der Waals surface area contributed by atoms with E-state index in [9.17, 15) is 0 Å². The summed E-state index contributed by atoms with van der Waals surface area (Å²) in [6.07, 6.45) is 13.8. The Hall–Kier alpha value is 0.270. The SMILES string of the molecule is CSCCCN1CC2(CCCCC2)NCC1C1CC1. The van der Waals surface area contributed by atoms with Crippen molar-refractivity contribution in [3.63, 3.8) is 0 Å². The Morgan fingerprint density at radius 3 is 2.68 bits per heavy atom. The van der Waals surface area contributed by atoms with Crippen molar-refractivity contribution in [1.29, 1.82) is 0 Å². The van der Waals surface area contributed by atoms with Gasteiger partial charge in [0.2, 0.25) is 0 Å². The third kappa shape index (κ3) is 3.48. The quantitative estimate of drug-likeness (QED) is 0.780. The Morgan fingerprint density at radius 1 is 1.21 bits per heavy atom. The molecule has 1 saturated heterocycles. The molecule has 3 aliphatic rings. The molecule has 1 spiro atoms. The van der Waals surface area contributed by atoms with Crippen LogP contribution in [0.15, 0.2) is 0 Å². The van der Waals surface area contributed by atoms with E-state index >= 15 is 0 Å². The van der Waals surface area contributed by atoms with Gasteiger partial charge >= 0.3 is 0 Å². The molecule has 1 atom stereocenters. The maximum atomic E-state index is 3.98. The maximum absolute atomic E-state index is 3.98. The molecule has 0 aromatic heterocycles. The number of piperazine rings is 1. The Kier molecular flexibility index (Phi) is 4.76. The Bertz CT molecular complexity index is 284. The van der Waals surface area contributed by atoms with Gasteiger partial charge in [-0.25, -0.2) is 0 Å². The van der Waals surface area contributed by atoms with E-state index in [1.54, 1.807) is 0 Å². The third-order valence-corrected chi connectivity index (χ3v) is 6.13. The zero-order valence-corrected chi connectivity index (χ0v) is 13.3. The normalized spacial score (nSPS) is 31.7. The summed E-state index contributed by atoms with van der Waals surface area (Å²) in [5.74, 6) is 2.34. The second kappa shape index (κ2) is 6.36. The molecule has 0 aromatic rings. The van der Waals surface area contributed by atoms with E-state index in [-0.39, 0.29) is 0 Å². The molecular weight excluding hydrogens is 252 g/mol. The van der Waals surface area contributed by atoms with Gasteiger partial charge in [-0.3, -0.25) is 4.90 Å². The molecule has 2 aliphatic carbocycles. The average molecular weight is 282 g/mol. The molecule has 1 N–H and O–H groups in total. The lowest BCUT2D eigenvalue weighted by Crippen LogP contribution is -2.65. The number of hydrogen-bond donors (Lipinski definition) is 1. The molecule has 3 heteroatoms. The second-order valence-electron chi connectivity index (χ2n) is 6.94. The van der Waals surface area contributed by atoms with Crippen molar-refractivity contribution in [3.05, 3.63) is 0 Å². The summed E-state index contributed by atoms with van der Waals surface area (Å²) in [6, 6.07) is 0.856. The van der Waals surface area contributed by atoms with Crippen molar-refractivity contribution in [1.82, 2.24) is 10.2 Å². The van der Waals surface area contributed by atoms with Crippen LogP contribution in [0.5, 0.6) is 0 Å². The van der Waals surface area contributed by atoms with E-state index in [4.69, 9.17) is 0 Å². The summed E-state index contributed by atoms with van der Waals surface area (Å²) in [5.41, 5.74) is 0.489. The molecule has 3 rings (SSSR count). The summed E-state index contributed by atoms with van der Waals surface area (Å²) in [4.78, 5) is 2.87. The summed E-state index contributed by atoms with van der Waals surface area (Å²) in [5, 5.41) is 3.98. The van der Waals surface area contributed by atoms with Gasteiger partial charge in [-0.05, 0) is 56.6 Å². The van der Waals surface area contributed by atoms with Gasteiger partial charge in [-0.1, -0.05) is 19.3 Å². The van der Waals surface area contributed by atoms with Crippen LogP contribution >= 0.6 is 11.8 Å². The van der Waals surface area contributed by atoms with Crippen LogP contribution in [0.25, 0.3) is 0 Å². The third-order valence-electron chi connectivity index (χ3n) is 5.43. The van der Waals surface area contributed by atoms with Gasteiger partial charge in [0.15, 0.2) is 0 Å². The van der Waals surface area contributed by atoms with Gasteiger partial charge in [0.1, 0.15) is 0 Å². The fraction of sp³-hybridized carbons (Fsp3) is 1.00. The van der Waals surface area contributed by atoms with Crippen molar-refractivity contribution in [3.8, 4) is 0 Å². The van der Waals surface area contributed by atoms with Crippen molar-refractivity contribution < 1.29 is 0 Å². The smallest absolute Gasteiger partial charge is 0.0309 e. The largest absolute Gasteiger partial charge is 0.308 e. The van der Waals surface area contributed by atoms with Crippen LogP contribution in [0, 0.1) is 5.92 Å². The van der Waals surface area contributed by atoms with Gasteiger partial charge in [0, 0.05) is 24.7 Å². The maximum Gasteiger partial charge on any atom is 0.0309 e. The zero-order valence-electron chi connectivity index (χ0n) is 12.5. The van der Waals surface area contributed by atoms with Crippen LogP contribution in [0.4, 0.5) is 0 Å². The molecular formula is C16H30N2S. The van der Waals surface area contributed by atoms with E-state index in [1.165, 1.54) is 76.8 Å². The molecule has 3 fully saturated rings. The summed E-state index contributed by atoms with van der Waals surface area (Å²) >= 11 is 2.00. The van der Waals surface area contributed by atoms with E-state index in [0.717, 1.165) is 12.0 Å². The summed E-state index contributed by atoms with van der Waals surface area (Å²) in [7, 11) is 0. The molecule has 0 bridgehead atoms. The van der Waals surface area contributed by atoms with Crippen molar-refractivity contribution in [2.24, 2.45) is 5.92 Å². The highest BCUT2D eigenvalue weighted by Crippen LogP contribution is 2.40.